The Morgan fingerprint density at radius 2 is 2.06 bits per heavy atom. The Hall–Kier alpha value is -3.38. The van der Waals surface area contributed by atoms with Crippen LogP contribution in [0.5, 0.6) is 5.75 Å². The van der Waals surface area contributed by atoms with E-state index in [9.17, 15) is 4.79 Å². The van der Waals surface area contributed by atoms with Crippen molar-refractivity contribution in [3.05, 3.63) is 78.5 Å². The van der Waals surface area contributed by atoms with Gasteiger partial charge in [-0.15, -0.1) is 6.58 Å². The minimum atomic E-state index is -0.429. The molecule has 5 atom stereocenters. The molecule has 2 N–H and O–H groups in total. The zero-order chi connectivity index (χ0) is 22.9. The van der Waals surface area contributed by atoms with Gasteiger partial charge in [0.1, 0.15) is 11.9 Å². The van der Waals surface area contributed by atoms with E-state index in [-0.39, 0.29) is 12.0 Å². The van der Waals surface area contributed by atoms with Crippen LogP contribution < -0.4 is 10.5 Å². The SMILES string of the molecule is C=C[C@H]1CN2CC[C@@H]1CC2[C@H](OC(=O)c1ccc(N)cc1)c1ccnc2ccc(OC)cc12. The van der Waals surface area contributed by atoms with Gasteiger partial charge in [0.15, 0.2) is 0 Å². The monoisotopic (exact) mass is 443 g/mol. The number of nitrogens with zero attached hydrogens (tertiary/aromatic N) is 2. The zero-order valence-electron chi connectivity index (χ0n) is 18.8. The summed E-state index contributed by atoms with van der Waals surface area (Å²) in [5.74, 6) is 1.43. The van der Waals surface area contributed by atoms with Crippen molar-refractivity contribution in [2.45, 2.75) is 25.0 Å². The molecule has 0 radical (unpaired) electrons. The van der Waals surface area contributed by atoms with Crippen molar-refractivity contribution in [3.8, 4) is 5.75 Å². The van der Waals surface area contributed by atoms with Gasteiger partial charge in [-0.3, -0.25) is 9.88 Å². The van der Waals surface area contributed by atoms with E-state index in [2.05, 4.69) is 22.5 Å². The Morgan fingerprint density at radius 3 is 2.76 bits per heavy atom. The summed E-state index contributed by atoms with van der Waals surface area (Å²) < 4.78 is 11.8. The Morgan fingerprint density at radius 1 is 1.24 bits per heavy atom. The molecule has 6 nitrogen and oxygen atoms in total. The van der Waals surface area contributed by atoms with Crippen LogP contribution in [0.15, 0.2) is 67.4 Å². The quantitative estimate of drug-likeness (QED) is 0.340. The fourth-order valence-electron chi connectivity index (χ4n) is 5.37. The minimum Gasteiger partial charge on any atom is -0.497 e. The van der Waals surface area contributed by atoms with Crippen molar-refractivity contribution < 1.29 is 14.3 Å². The number of ether oxygens (including phenoxy) is 2. The van der Waals surface area contributed by atoms with Crippen molar-refractivity contribution in [3.63, 3.8) is 0 Å². The van der Waals surface area contributed by atoms with Crippen LogP contribution in [0.2, 0.25) is 0 Å². The first kappa shape index (κ1) is 21.5. The Labute approximate surface area is 194 Å². The molecule has 2 bridgehead atoms. The molecule has 0 aliphatic carbocycles. The molecule has 4 heterocycles. The molecule has 3 aliphatic rings. The first-order valence-electron chi connectivity index (χ1n) is 11.4. The molecule has 2 unspecified atom stereocenters. The molecular weight excluding hydrogens is 414 g/mol. The van der Waals surface area contributed by atoms with E-state index in [4.69, 9.17) is 15.2 Å². The molecule has 3 fully saturated rings. The Balaban J connectivity index is 1.56. The molecular formula is C27H29N3O3. The standard InChI is InChI=1S/C27H29N3O3/c1-3-17-16-30-13-11-19(17)14-25(30)26(33-27(31)18-4-6-20(28)7-5-18)22-10-12-29-24-9-8-21(32-2)15-23(22)24/h3-10,12,15,17,19,25-26H,1,11,13-14,16,28H2,2H3/t17-,19+,25?,26+/m0/s1. The summed E-state index contributed by atoms with van der Waals surface area (Å²) in [7, 11) is 1.65. The first-order valence-corrected chi connectivity index (χ1v) is 11.4. The number of carbonyl (C=O) groups is 1. The molecule has 0 spiro atoms. The lowest BCUT2D eigenvalue weighted by atomic mass is 9.73. The number of nitrogen functional groups attached to an aromatic ring is 1. The number of carbonyl (C=O) groups excluding carboxylic acids is 1. The fourth-order valence-corrected chi connectivity index (χ4v) is 5.37. The van der Waals surface area contributed by atoms with Gasteiger partial charge in [0, 0.05) is 29.4 Å². The molecule has 6 heteroatoms. The number of hydrogen-bond donors (Lipinski definition) is 1. The summed E-state index contributed by atoms with van der Waals surface area (Å²) in [5, 5.41) is 0.940. The third kappa shape index (κ3) is 4.07. The van der Waals surface area contributed by atoms with Crippen molar-refractivity contribution in [2.24, 2.45) is 11.8 Å². The van der Waals surface area contributed by atoms with Gasteiger partial charge in [0.25, 0.3) is 0 Å². The molecule has 170 valence electrons. The van der Waals surface area contributed by atoms with Gasteiger partial charge in [0.05, 0.1) is 24.2 Å². The van der Waals surface area contributed by atoms with E-state index in [1.165, 1.54) is 0 Å². The number of benzene rings is 2. The molecule has 0 saturated carbocycles. The average Bonchev–Trinajstić information content (AvgIpc) is 2.87. The minimum absolute atomic E-state index is 0.0921. The van der Waals surface area contributed by atoms with Gasteiger partial charge in [-0.2, -0.15) is 0 Å². The van der Waals surface area contributed by atoms with Crippen LogP contribution in [0.25, 0.3) is 10.9 Å². The highest BCUT2D eigenvalue weighted by Gasteiger charge is 2.44. The highest BCUT2D eigenvalue weighted by molar-refractivity contribution is 5.90. The van der Waals surface area contributed by atoms with Gasteiger partial charge >= 0.3 is 5.97 Å². The van der Waals surface area contributed by atoms with E-state index in [0.717, 1.165) is 48.1 Å². The first-order chi connectivity index (χ1) is 16.1. The summed E-state index contributed by atoms with van der Waals surface area (Å²) in [5.41, 5.74) is 8.71. The molecule has 2 aromatic carbocycles. The van der Waals surface area contributed by atoms with Crippen LogP contribution in [0, 0.1) is 11.8 Å². The number of aromatic nitrogens is 1. The number of pyridine rings is 1. The van der Waals surface area contributed by atoms with Crippen molar-refractivity contribution >= 4 is 22.6 Å². The number of esters is 1. The molecule has 3 aliphatic heterocycles. The van der Waals surface area contributed by atoms with E-state index < -0.39 is 6.10 Å². The van der Waals surface area contributed by atoms with Gasteiger partial charge in [-0.25, -0.2) is 4.79 Å². The smallest absolute Gasteiger partial charge is 0.338 e. The zero-order valence-corrected chi connectivity index (χ0v) is 18.8. The third-order valence-corrected chi connectivity index (χ3v) is 7.17. The fraction of sp³-hybridized carbons (Fsp3) is 0.333. The van der Waals surface area contributed by atoms with Gasteiger partial charge in [0.2, 0.25) is 0 Å². The highest BCUT2D eigenvalue weighted by Crippen LogP contribution is 2.44. The number of fused-ring (bicyclic) bond motifs is 4. The Bertz CT molecular complexity index is 1180. The molecule has 3 saturated heterocycles. The van der Waals surface area contributed by atoms with Gasteiger partial charge in [-0.05, 0) is 79.8 Å². The van der Waals surface area contributed by atoms with Crippen molar-refractivity contribution in [2.75, 3.05) is 25.9 Å². The number of nitrogens with two attached hydrogens (primary N) is 1. The van der Waals surface area contributed by atoms with E-state index >= 15 is 0 Å². The lowest BCUT2D eigenvalue weighted by Gasteiger charge is -2.51. The predicted octanol–water partition coefficient (Wildman–Crippen LogP) is 4.62. The molecule has 0 amide bonds. The molecule has 1 aromatic heterocycles. The number of anilines is 1. The normalized spacial score (nSPS) is 24.9. The maximum Gasteiger partial charge on any atom is 0.338 e. The van der Waals surface area contributed by atoms with Crippen LogP contribution >= 0.6 is 0 Å². The van der Waals surface area contributed by atoms with Crippen molar-refractivity contribution in [1.82, 2.24) is 9.88 Å². The van der Waals surface area contributed by atoms with E-state index in [1.54, 1.807) is 37.6 Å². The largest absolute Gasteiger partial charge is 0.497 e. The second kappa shape index (κ2) is 8.87. The second-order valence-electron chi connectivity index (χ2n) is 8.98. The number of methoxy groups -OCH3 is 1. The molecule has 6 rings (SSSR count). The third-order valence-electron chi connectivity index (χ3n) is 7.17. The maximum atomic E-state index is 13.2. The summed E-state index contributed by atoms with van der Waals surface area (Å²) >= 11 is 0. The topological polar surface area (TPSA) is 77.7 Å². The van der Waals surface area contributed by atoms with E-state index in [1.807, 2.05) is 24.3 Å². The summed E-state index contributed by atoms with van der Waals surface area (Å²) in [4.78, 5) is 20.2. The lowest BCUT2D eigenvalue weighted by Crippen LogP contribution is -2.55. The van der Waals surface area contributed by atoms with Crippen LogP contribution in [0.4, 0.5) is 5.69 Å². The lowest BCUT2D eigenvalue weighted by molar-refractivity contribution is -0.0568. The highest BCUT2D eigenvalue weighted by atomic mass is 16.5. The second-order valence-corrected chi connectivity index (χ2v) is 8.98. The van der Waals surface area contributed by atoms with Crippen LogP contribution in [0.3, 0.4) is 0 Å². The maximum absolute atomic E-state index is 13.2. The number of piperidine rings is 3. The van der Waals surface area contributed by atoms with Gasteiger partial charge in [-0.1, -0.05) is 6.08 Å². The Kier molecular flexibility index (Phi) is 5.77. The molecule has 3 aromatic rings. The number of hydrogen-bond acceptors (Lipinski definition) is 6. The van der Waals surface area contributed by atoms with Crippen LogP contribution in [0.1, 0.15) is 34.9 Å². The average molecular weight is 444 g/mol. The number of rotatable bonds is 6. The van der Waals surface area contributed by atoms with Crippen molar-refractivity contribution in [1.29, 1.82) is 0 Å². The van der Waals surface area contributed by atoms with Crippen LogP contribution in [-0.2, 0) is 4.74 Å². The van der Waals surface area contributed by atoms with Gasteiger partial charge < -0.3 is 15.2 Å². The van der Waals surface area contributed by atoms with Crippen LogP contribution in [-0.4, -0.2) is 42.1 Å². The summed E-state index contributed by atoms with van der Waals surface area (Å²) in [6.07, 6.45) is 5.55. The molecule has 33 heavy (non-hydrogen) atoms. The summed E-state index contributed by atoms with van der Waals surface area (Å²) in [6.45, 7) is 5.99. The van der Waals surface area contributed by atoms with E-state index in [0.29, 0.717) is 23.1 Å². The predicted molar refractivity (Wildman–Crippen MR) is 129 cm³/mol. The summed E-state index contributed by atoms with van der Waals surface area (Å²) in [6, 6.07) is 14.7.